The number of nitro benzene ring substituents is 1. The third kappa shape index (κ3) is 2.90. The first-order valence-electron chi connectivity index (χ1n) is 7.23. The van der Waals surface area contributed by atoms with Gasteiger partial charge in [0.15, 0.2) is 16.6 Å². The molecule has 0 atom stereocenters. The van der Waals surface area contributed by atoms with Gasteiger partial charge in [0.25, 0.3) is 11.6 Å². The molecule has 3 rings (SSSR count). The number of nitrogens with zero attached hydrogens (tertiary/aromatic N) is 2. The molecule has 1 amide bonds. The second-order valence-electron chi connectivity index (χ2n) is 5.18. The Morgan fingerprint density at radius 3 is 2.62 bits per heavy atom. The van der Waals surface area contributed by atoms with Crippen molar-refractivity contribution < 1.29 is 19.2 Å². The lowest BCUT2D eigenvalue weighted by molar-refractivity contribution is -0.385. The van der Waals surface area contributed by atoms with E-state index in [9.17, 15) is 14.9 Å². The van der Waals surface area contributed by atoms with Crippen molar-refractivity contribution in [3.05, 3.63) is 38.4 Å². The van der Waals surface area contributed by atoms with Crippen LogP contribution in [0.1, 0.15) is 27.3 Å². The fourth-order valence-corrected chi connectivity index (χ4v) is 3.65. The number of hydrogen-bond donors (Lipinski definition) is 1. The summed E-state index contributed by atoms with van der Waals surface area (Å²) in [5.74, 6) is -0.168. The lowest BCUT2D eigenvalue weighted by Crippen LogP contribution is -2.14. The maximum absolute atomic E-state index is 12.5. The maximum Gasteiger partial charge on any atom is 0.286 e. The van der Waals surface area contributed by atoms with Crippen molar-refractivity contribution in [2.24, 2.45) is 0 Å². The monoisotopic (exact) mass is 349 g/mol. The van der Waals surface area contributed by atoms with Gasteiger partial charge in [0.2, 0.25) is 0 Å². The van der Waals surface area contributed by atoms with Gasteiger partial charge in [0.05, 0.1) is 30.9 Å². The van der Waals surface area contributed by atoms with Crippen LogP contribution in [0.5, 0.6) is 11.5 Å². The number of methoxy groups -OCH3 is 2. The van der Waals surface area contributed by atoms with Gasteiger partial charge in [-0.15, -0.1) is 11.3 Å². The number of thiazole rings is 1. The predicted octanol–water partition coefficient (Wildman–Crippen LogP) is 2.81. The number of anilines is 1. The zero-order valence-electron chi connectivity index (χ0n) is 13.1. The van der Waals surface area contributed by atoms with E-state index in [1.165, 1.54) is 37.7 Å². The molecule has 1 aliphatic carbocycles. The number of nitro groups is 1. The molecule has 1 aromatic carbocycles. The van der Waals surface area contributed by atoms with E-state index < -0.39 is 10.8 Å². The number of amides is 1. The Hall–Kier alpha value is -2.68. The second kappa shape index (κ2) is 6.44. The lowest BCUT2D eigenvalue weighted by atomic mass is 10.1. The van der Waals surface area contributed by atoms with Crippen molar-refractivity contribution in [3.8, 4) is 11.5 Å². The summed E-state index contributed by atoms with van der Waals surface area (Å²) in [5.41, 5.74) is 0.541. The normalized spacial score (nSPS) is 12.6. The van der Waals surface area contributed by atoms with Crippen molar-refractivity contribution in [1.82, 2.24) is 4.98 Å². The van der Waals surface area contributed by atoms with E-state index in [-0.39, 0.29) is 22.7 Å². The van der Waals surface area contributed by atoms with Gasteiger partial charge in [-0.2, -0.15) is 0 Å². The summed E-state index contributed by atoms with van der Waals surface area (Å²) < 4.78 is 10.2. The predicted molar refractivity (Wildman–Crippen MR) is 88.3 cm³/mol. The van der Waals surface area contributed by atoms with E-state index in [1.807, 2.05) is 0 Å². The molecule has 9 heteroatoms. The van der Waals surface area contributed by atoms with Gasteiger partial charge in [0.1, 0.15) is 5.56 Å². The number of ether oxygens (including phenoxy) is 2. The molecule has 1 N–H and O–H groups in total. The van der Waals surface area contributed by atoms with Gasteiger partial charge < -0.3 is 9.47 Å². The van der Waals surface area contributed by atoms with E-state index in [2.05, 4.69) is 10.3 Å². The highest BCUT2D eigenvalue weighted by Crippen LogP contribution is 2.35. The smallest absolute Gasteiger partial charge is 0.286 e. The molecule has 0 fully saturated rings. The van der Waals surface area contributed by atoms with Crippen molar-refractivity contribution in [2.45, 2.75) is 19.3 Å². The molecule has 0 bridgehead atoms. The first kappa shape index (κ1) is 16.2. The molecule has 0 saturated heterocycles. The Balaban J connectivity index is 1.93. The quantitative estimate of drug-likeness (QED) is 0.657. The highest BCUT2D eigenvalue weighted by atomic mass is 32.1. The zero-order valence-corrected chi connectivity index (χ0v) is 13.9. The van der Waals surface area contributed by atoms with Crippen LogP contribution in [0.25, 0.3) is 0 Å². The van der Waals surface area contributed by atoms with Crippen LogP contribution < -0.4 is 14.8 Å². The Labute approximate surface area is 141 Å². The average Bonchev–Trinajstić information content (AvgIpc) is 3.14. The Morgan fingerprint density at radius 2 is 2.00 bits per heavy atom. The standard InChI is InChI=1S/C15H15N3O5S/c1-22-11-6-8(10(18(20)21)7-12(11)23-2)14(19)17-15-16-9-4-3-5-13(9)24-15/h6-7H,3-5H2,1-2H3,(H,16,17,19). The number of nitrogens with one attached hydrogen (secondary N) is 1. The first-order valence-corrected chi connectivity index (χ1v) is 8.05. The second-order valence-corrected chi connectivity index (χ2v) is 6.26. The van der Waals surface area contributed by atoms with Crippen molar-refractivity contribution in [1.29, 1.82) is 0 Å². The SMILES string of the molecule is COc1cc(C(=O)Nc2nc3c(s2)CCC3)c([N+](=O)[O-])cc1OC. The molecule has 0 saturated carbocycles. The third-order valence-electron chi connectivity index (χ3n) is 3.76. The van der Waals surface area contributed by atoms with E-state index in [4.69, 9.17) is 9.47 Å². The summed E-state index contributed by atoms with van der Waals surface area (Å²) in [6, 6.07) is 2.48. The molecule has 0 aliphatic heterocycles. The molecule has 1 heterocycles. The lowest BCUT2D eigenvalue weighted by Gasteiger charge is -2.10. The third-order valence-corrected chi connectivity index (χ3v) is 4.83. The molecule has 1 aliphatic rings. The van der Waals surface area contributed by atoms with E-state index in [0.717, 1.165) is 29.8 Å². The number of aryl methyl sites for hydroxylation is 2. The molecule has 2 aromatic rings. The summed E-state index contributed by atoms with van der Waals surface area (Å²) in [6.45, 7) is 0. The van der Waals surface area contributed by atoms with Crippen molar-refractivity contribution in [3.63, 3.8) is 0 Å². The molecule has 0 radical (unpaired) electrons. The molecule has 8 nitrogen and oxygen atoms in total. The van der Waals surface area contributed by atoms with Crippen LogP contribution in [-0.2, 0) is 12.8 Å². The molecular weight excluding hydrogens is 334 g/mol. The summed E-state index contributed by atoms with van der Waals surface area (Å²) in [5, 5.41) is 14.4. The Kier molecular flexibility index (Phi) is 4.34. The molecular formula is C15H15N3O5S. The van der Waals surface area contributed by atoms with Crippen molar-refractivity contribution in [2.75, 3.05) is 19.5 Å². The topological polar surface area (TPSA) is 104 Å². The van der Waals surface area contributed by atoms with Crippen LogP contribution in [0.3, 0.4) is 0 Å². The van der Waals surface area contributed by atoms with Crippen LogP contribution in [0.4, 0.5) is 10.8 Å². The van der Waals surface area contributed by atoms with E-state index in [0.29, 0.717) is 5.13 Å². The molecule has 24 heavy (non-hydrogen) atoms. The number of carbonyl (C=O) groups excluding carboxylic acids is 1. The number of carbonyl (C=O) groups is 1. The number of hydrogen-bond acceptors (Lipinski definition) is 7. The minimum Gasteiger partial charge on any atom is -0.493 e. The van der Waals surface area contributed by atoms with Gasteiger partial charge in [-0.05, 0) is 19.3 Å². The number of fused-ring (bicyclic) bond motifs is 1. The molecule has 0 unspecified atom stereocenters. The van der Waals surface area contributed by atoms with E-state index >= 15 is 0 Å². The van der Waals surface area contributed by atoms with Crippen molar-refractivity contribution >= 4 is 28.1 Å². The van der Waals surface area contributed by atoms with Crippen LogP contribution in [0.15, 0.2) is 12.1 Å². The largest absolute Gasteiger partial charge is 0.493 e. The minimum atomic E-state index is -0.626. The summed E-state index contributed by atoms with van der Waals surface area (Å²) in [4.78, 5) is 28.7. The summed E-state index contributed by atoms with van der Waals surface area (Å²) in [7, 11) is 2.77. The highest BCUT2D eigenvalue weighted by molar-refractivity contribution is 7.16. The molecule has 0 spiro atoms. The van der Waals surface area contributed by atoms with Gasteiger partial charge in [-0.1, -0.05) is 0 Å². The molecule has 1 aromatic heterocycles. The fourth-order valence-electron chi connectivity index (χ4n) is 2.61. The summed E-state index contributed by atoms with van der Waals surface area (Å²) >= 11 is 1.41. The van der Waals surface area contributed by atoms with Gasteiger partial charge >= 0.3 is 0 Å². The Bertz CT molecular complexity index is 796. The van der Waals surface area contributed by atoms with E-state index in [1.54, 1.807) is 0 Å². The fraction of sp³-hybridized carbons (Fsp3) is 0.333. The summed E-state index contributed by atoms with van der Waals surface area (Å²) in [6.07, 6.45) is 2.93. The maximum atomic E-state index is 12.5. The van der Waals surface area contributed by atoms with Gasteiger partial charge in [-0.3, -0.25) is 20.2 Å². The van der Waals surface area contributed by atoms with Crippen LogP contribution in [0.2, 0.25) is 0 Å². The van der Waals surface area contributed by atoms with Gasteiger partial charge in [-0.25, -0.2) is 4.98 Å². The van der Waals surface area contributed by atoms with Gasteiger partial charge in [0, 0.05) is 10.9 Å². The average molecular weight is 349 g/mol. The van der Waals surface area contributed by atoms with Crippen LogP contribution in [0, 0.1) is 10.1 Å². The number of rotatable bonds is 5. The van der Waals surface area contributed by atoms with Crippen LogP contribution >= 0.6 is 11.3 Å². The zero-order chi connectivity index (χ0) is 17.3. The molecule has 126 valence electrons. The first-order chi connectivity index (χ1) is 11.5. The highest BCUT2D eigenvalue weighted by Gasteiger charge is 2.26. The Morgan fingerprint density at radius 1 is 1.29 bits per heavy atom. The minimum absolute atomic E-state index is 0.104. The van der Waals surface area contributed by atoms with Crippen LogP contribution in [-0.4, -0.2) is 30.0 Å². The number of benzene rings is 1. The number of aromatic nitrogens is 1.